The van der Waals surface area contributed by atoms with Crippen LogP contribution in [-0.2, 0) is 11.2 Å². The fraction of sp³-hybridized carbons (Fsp3) is 0.161. The van der Waals surface area contributed by atoms with Gasteiger partial charge in [-0.2, -0.15) is 13.2 Å². The molecule has 2 heterocycles. The van der Waals surface area contributed by atoms with Crippen molar-refractivity contribution in [3.8, 4) is 16.9 Å². The fourth-order valence-electron chi connectivity index (χ4n) is 4.96. The Hall–Kier alpha value is -4.80. The maximum Gasteiger partial charge on any atom is 0.404 e. The number of halogens is 6. The van der Waals surface area contributed by atoms with Crippen molar-refractivity contribution in [1.82, 2.24) is 15.3 Å². The Morgan fingerprint density at radius 2 is 1.67 bits per heavy atom. The van der Waals surface area contributed by atoms with E-state index in [4.69, 9.17) is 4.74 Å². The van der Waals surface area contributed by atoms with Crippen molar-refractivity contribution in [2.45, 2.75) is 24.6 Å². The lowest BCUT2D eigenvalue weighted by atomic mass is 9.93. The first-order valence-electron chi connectivity index (χ1n) is 12.7. The van der Waals surface area contributed by atoms with E-state index in [9.17, 15) is 31.1 Å². The van der Waals surface area contributed by atoms with Crippen LogP contribution in [0.15, 0.2) is 85.2 Å². The van der Waals surface area contributed by atoms with Gasteiger partial charge in [-0.15, -0.1) is 0 Å². The molecule has 5 rings (SSSR count). The Balaban J connectivity index is 1.59. The van der Waals surface area contributed by atoms with Gasteiger partial charge in [0.15, 0.2) is 5.92 Å². The number of nitrogens with zero attached hydrogens (tertiary/aromatic N) is 1. The second-order valence-electron chi connectivity index (χ2n) is 9.62. The Morgan fingerprint density at radius 3 is 2.33 bits per heavy atom. The first-order valence-corrected chi connectivity index (χ1v) is 12.7. The lowest BCUT2D eigenvalue weighted by Gasteiger charge is -2.25. The molecule has 5 nitrogen and oxygen atoms in total. The van der Waals surface area contributed by atoms with Crippen molar-refractivity contribution in [3.63, 3.8) is 0 Å². The van der Waals surface area contributed by atoms with Crippen LogP contribution in [0.2, 0.25) is 0 Å². The number of rotatable bonds is 8. The van der Waals surface area contributed by atoms with E-state index in [1.165, 1.54) is 19.4 Å². The molecular formula is C31H23F6N3O2. The number of nitrogens with one attached hydrogen (secondary N) is 2. The Bertz CT molecular complexity index is 1710. The number of fused-ring (bicyclic) bond motifs is 1. The second kappa shape index (κ2) is 11.6. The fourth-order valence-corrected chi connectivity index (χ4v) is 4.96. The van der Waals surface area contributed by atoms with Gasteiger partial charge in [0.25, 0.3) is 0 Å². The molecule has 0 radical (unpaired) electrons. The highest BCUT2D eigenvalue weighted by molar-refractivity contribution is 5.93. The predicted octanol–water partition coefficient (Wildman–Crippen LogP) is 7.40. The highest BCUT2D eigenvalue weighted by Crippen LogP contribution is 2.40. The van der Waals surface area contributed by atoms with Crippen LogP contribution in [0.1, 0.15) is 28.8 Å². The maximum atomic E-state index is 14.5. The SMILES string of the molecule is COc1ccc(-c2cccnc2[C@H](Cc2cc(F)cc(F)c2)NC(=O)C(c2c[nH]c3ccc(F)cc23)C(F)(F)F)cc1. The molecule has 11 heteroatoms. The number of hydrogen-bond donors (Lipinski definition) is 2. The third-order valence-electron chi connectivity index (χ3n) is 6.82. The summed E-state index contributed by atoms with van der Waals surface area (Å²) in [6.07, 6.45) is -2.93. The Morgan fingerprint density at radius 1 is 0.952 bits per heavy atom. The summed E-state index contributed by atoms with van der Waals surface area (Å²) in [7, 11) is 1.49. The van der Waals surface area contributed by atoms with Gasteiger partial charge in [0.1, 0.15) is 23.2 Å². The molecule has 2 atom stereocenters. The van der Waals surface area contributed by atoms with Crippen molar-refractivity contribution in [3.05, 3.63) is 119 Å². The highest BCUT2D eigenvalue weighted by atomic mass is 19.4. The summed E-state index contributed by atoms with van der Waals surface area (Å²) in [5, 5.41) is 2.33. The van der Waals surface area contributed by atoms with Crippen LogP contribution in [0.5, 0.6) is 5.75 Å². The van der Waals surface area contributed by atoms with Gasteiger partial charge in [-0.1, -0.05) is 18.2 Å². The van der Waals surface area contributed by atoms with Gasteiger partial charge in [0.05, 0.1) is 18.8 Å². The number of benzene rings is 3. The van der Waals surface area contributed by atoms with Crippen LogP contribution in [0, 0.1) is 17.5 Å². The smallest absolute Gasteiger partial charge is 0.404 e. The molecule has 216 valence electrons. The average molecular weight is 584 g/mol. The molecule has 0 fully saturated rings. The molecule has 1 amide bonds. The van der Waals surface area contributed by atoms with Crippen LogP contribution >= 0.6 is 0 Å². The lowest BCUT2D eigenvalue weighted by Crippen LogP contribution is -2.40. The summed E-state index contributed by atoms with van der Waals surface area (Å²) in [4.78, 5) is 20.5. The van der Waals surface area contributed by atoms with E-state index in [2.05, 4.69) is 15.3 Å². The zero-order valence-corrected chi connectivity index (χ0v) is 22.0. The number of ether oxygens (including phenoxy) is 1. The minimum absolute atomic E-state index is 0.0851. The number of methoxy groups -OCH3 is 1. The largest absolute Gasteiger partial charge is 0.497 e. The Kier molecular flexibility index (Phi) is 7.93. The van der Waals surface area contributed by atoms with Crippen LogP contribution in [-0.4, -0.2) is 29.2 Å². The number of alkyl halides is 3. The molecule has 0 aliphatic heterocycles. The van der Waals surface area contributed by atoms with E-state index in [0.717, 1.165) is 30.5 Å². The van der Waals surface area contributed by atoms with Crippen molar-refractivity contribution in [2.75, 3.05) is 7.11 Å². The van der Waals surface area contributed by atoms with Gasteiger partial charge in [-0.25, -0.2) is 13.2 Å². The minimum Gasteiger partial charge on any atom is -0.497 e. The molecule has 2 aromatic heterocycles. The molecular weight excluding hydrogens is 560 g/mol. The van der Waals surface area contributed by atoms with Gasteiger partial charge < -0.3 is 15.0 Å². The molecule has 0 saturated carbocycles. The van der Waals surface area contributed by atoms with E-state index < -0.39 is 47.1 Å². The summed E-state index contributed by atoms with van der Waals surface area (Å²) >= 11 is 0. The molecule has 3 aromatic carbocycles. The predicted molar refractivity (Wildman–Crippen MR) is 144 cm³/mol. The summed E-state index contributed by atoms with van der Waals surface area (Å²) in [6.45, 7) is 0. The van der Waals surface area contributed by atoms with Crippen molar-refractivity contribution >= 4 is 16.8 Å². The van der Waals surface area contributed by atoms with E-state index in [-0.39, 0.29) is 28.6 Å². The molecule has 0 aliphatic carbocycles. The third kappa shape index (κ3) is 6.09. The van der Waals surface area contributed by atoms with Gasteiger partial charge in [-0.3, -0.25) is 9.78 Å². The summed E-state index contributed by atoms with van der Waals surface area (Å²) in [6, 6.07) is 14.8. The molecule has 42 heavy (non-hydrogen) atoms. The van der Waals surface area contributed by atoms with Crippen LogP contribution < -0.4 is 10.1 Å². The number of aromatic amines is 1. The van der Waals surface area contributed by atoms with E-state index in [1.54, 1.807) is 36.4 Å². The first kappa shape index (κ1) is 28.7. The third-order valence-corrected chi connectivity index (χ3v) is 6.82. The molecule has 0 bridgehead atoms. The lowest BCUT2D eigenvalue weighted by molar-refractivity contribution is -0.165. The molecule has 0 spiro atoms. The maximum absolute atomic E-state index is 14.5. The van der Waals surface area contributed by atoms with Gasteiger partial charge in [0.2, 0.25) is 5.91 Å². The van der Waals surface area contributed by atoms with E-state index in [1.807, 2.05) is 0 Å². The van der Waals surface area contributed by atoms with Crippen LogP contribution in [0.3, 0.4) is 0 Å². The quantitative estimate of drug-likeness (QED) is 0.187. The number of H-pyrrole nitrogens is 1. The normalized spacial score (nSPS) is 13.1. The van der Waals surface area contributed by atoms with Crippen LogP contribution in [0.4, 0.5) is 26.3 Å². The van der Waals surface area contributed by atoms with Gasteiger partial charge >= 0.3 is 6.18 Å². The topological polar surface area (TPSA) is 67.0 Å². The summed E-state index contributed by atoms with van der Waals surface area (Å²) in [5.41, 5.74) is 1.09. The second-order valence-corrected chi connectivity index (χ2v) is 9.62. The van der Waals surface area contributed by atoms with Gasteiger partial charge in [-0.05, 0) is 71.6 Å². The molecule has 1 unspecified atom stereocenters. The van der Waals surface area contributed by atoms with E-state index in [0.29, 0.717) is 22.9 Å². The van der Waals surface area contributed by atoms with Gasteiger partial charge in [0, 0.05) is 34.9 Å². The molecule has 0 aliphatic rings. The summed E-state index contributed by atoms with van der Waals surface area (Å²) < 4.78 is 90.7. The van der Waals surface area contributed by atoms with Crippen LogP contribution in [0.25, 0.3) is 22.0 Å². The number of pyridine rings is 1. The first-order chi connectivity index (χ1) is 20.0. The monoisotopic (exact) mass is 583 g/mol. The molecule has 5 aromatic rings. The van der Waals surface area contributed by atoms with Crippen molar-refractivity contribution in [2.24, 2.45) is 0 Å². The average Bonchev–Trinajstić information content (AvgIpc) is 3.33. The van der Waals surface area contributed by atoms with E-state index >= 15 is 0 Å². The Labute approximate surface area is 236 Å². The van der Waals surface area contributed by atoms with Crippen molar-refractivity contribution < 1.29 is 35.9 Å². The number of carbonyl (C=O) groups is 1. The number of hydrogen-bond acceptors (Lipinski definition) is 3. The number of amides is 1. The number of aromatic nitrogens is 2. The zero-order chi connectivity index (χ0) is 30.0. The van der Waals surface area contributed by atoms with Crippen molar-refractivity contribution in [1.29, 1.82) is 0 Å². The summed E-state index contributed by atoms with van der Waals surface area (Å²) in [5.74, 6) is -6.12. The standard InChI is InChI=1S/C31H23F6N3O2/c1-42-22-7-4-18(5-8-22)23-3-2-10-38-29(23)27(13-17-11-20(33)14-21(34)12-17)40-30(41)28(31(35,36)37)25-16-39-26-9-6-19(32)15-24(25)26/h2-12,14-16,27-28,39H,13H2,1H3,(H,40,41)/t27-,28?/m0/s1. The zero-order valence-electron chi connectivity index (χ0n) is 22.0. The minimum atomic E-state index is -5.07. The highest BCUT2D eigenvalue weighted by Gasteiger charge is 2.47. The molecule has 0 saturated heterocycles. The molecule has 2 N–H and O–H groups in total. The number of carbonyl (C=O) groups excluding carboxylic acids is 1.